The van der Waals surface area contributed by atoms with Crippen LogP contribution in [-0.2, 0) is 0 Å². The maximum absolute atomic E-state index is 8.59. The second kappa shape index (κ2) is 11.3. The molecular formula is C11H25NOS. The van der Waals surface area contributed by atoms with Gasteiger partial charge >= 0.3 is 0 Å². The van der Waals surface area contributed by atoms with Gasteiger partial charge in [-0.2, -0.15) is 11.8 Å². The van der Waals surface area contributed by atoms with Gasteiger partial charge in [-0.05, 0) is 44.7 Å². The summed E-state index contributed by atoms with van der Waals surface area (Å²) in [4.78, 5) is 0. The van der Waals surface area contributed by atoms with Crippen molar-refractivity contribution in [3.8, 4) is 0 Å². The van der Waals surface area contributed by atoms with Crippen LogP contribution in [0.1, 0.15) is 39.0 Å². The van der Waals surface area contributed by atoms with E-state index in [9.17, 15) is 0 Å². The van der Waals surface area contributed by atoms with Crippen molar-refractivity contribution in [3.63, 3.8) is 0 Å². The molecule has 0 aliphatic carbocycles. The van der Waals surface area contributed by atoms with E-state index in [-0.39, 0.29) is 0 Å². The lowest BCUT2D eigenvalue weighted by atomic mass is 10.2. The van der Waals surface area contributed by atoms with Gasteiger partial charge in [0.05, 0.1) is 0 Å². The largest absolute Gasteiger partial charge is 0.396 e. The number of aliphatic hydroxyl groups excluding tert-OH is 1. The quantitative estimate of drug-likeness (QED) is 0.553. The molecule has 1 unspecified atom stereocenters. The Hall–Kier alpha value is 0.270. The molecule has 0 aromatic rings. The maximum atomic E-state index is 8.59. The van der Waals surface area contributed by atoms with Crippen molar-refractivity contribution in [2.75, 3.05) is 25.2 Å². The van der Waals surface area contributed by atoms with Crippen molar-refractivity contribution in [1.29, 1.82) is 0 Å². The highest BCUT2D eigenvalue weighted by atomic mass is 32.2. The van der Waals surface area contributed by atoms with Crippen molar-refractivity contribution in [2.45, 2.75) is 45.1 Å². The topological polar surface area (TPSA) is 32.3 Å². The Morgan fingerprint density at radius 3 is 2.57 bits per heavy atom. The van der Waals surface area contributed by atoms with E-state index in [0.29, 0.717) is 12.6 Å². The normalized spacial score (nSPS) is 13.1. The minimum Gasteiger partial charge on any atom is -0.396 e. The molecule has 0 rings (SSSR count). The summed E-state index contributed by atoms with van der Waals surface area (Å²) in [5, 5.41) is 12.1. The molecule has 14 heavy (non-hydrogen) atoms. The highest BCUT2D eigenvalue weighted by Crippen LogP contribution is 2.01. The summed E-state index contributed by atoms with van der Waals surface area (Å²) in [6.07, 6.45) is 8.02. The minimum absolute atomic E-state index is 0.345. The van der Waals surface area contributed by atoms with Crippen LogP contribution in [0.25, 0.3) is 0 Å². The maximum Gasteiger partial charge on any atom is 0.0431 e. The lowest BCUT2D eigenvalue weighted by Gasteiger charge is -2.12. The van der Waals surface area contributed by atoms with Crippen molar-refractivity contribution < 1.29 is 5.11 Å². The van der Waals surface area contributed by atoms with Gasteiger partial charge in [-0.1, -0.05) is 12.8 Å². The molecule has 1 atom stereocenters. The average molecular weight is 219 g/mol. The number of hydrogen-bond acceptors (Lipinski definition) is 3. The Balaban J connectivity index is 3.02. The summed E-state index contributed by atoms with van der Waals surface area (Å²) in [6, 6.07) is 0.653. The minimum atomic E-state index is 0.345. The molecule has 3 heteroatoms. The summed E-state index contributed by atoms with van der Waals surface area (Å²) in [6.45, 7) is 3.72. The van der Waals surface area contributed by atoms with E-state index in [1.807, 2.05) is 11.8 Å². The van der Waals surface area contributed by atoms with Gasteiger partial charge in [-0.25, -0.2) is 0 Å². The molecule has 0 aromatic carbocycles. The lowest BCUT2D eigenvalue weighted by molar-refractivity contribution is 0.282. The van der Waals surface area contributed by atoms with Crippen molar-refractivity contribution in [2.24, 2.45) is 0 Å². The Bertz CT molecular complexity index is 111. The molecule has 0 heterocycles. The van der Waals surface area contributed by atoms with Crippen molar-refractivity contribution >= 4 is 11.8 Å². The molecule has 0 spiro atoms. The Morgan fingerprint density at radius 2 is 1.93 bits per heavy atom. The summed E-state index contributed by atoms with van der Waals surface area (Å²) in [5.41, 5.74) is 0. The van der Waals surface area contributed by atoms with E-state index in [1.165, 1.54) is 25.0 Å². The standard InChI is InChI=1S/C11H25NOS/c1-11(7-10-14-2)12-8-5-3-4-6-9-13/h11-13H,3-10H2,1-2H3. The molecule has 0 aliphatic heterocycles. The van der Waals surface area contributed by atoms with Gasteiger partial charge in [0, 0.05) is 12.6 Å². The van der Waals surface area contributed by atoms with E-state index in [0.717, 1.165) is 19.4 Å². The third kappa shape index (κ3) is 10.4. The smallest absolute Gasteiger partial charge is 0.0431 e. The van der Waals surface area contributed by atoms with E-state index >= 15 is 0 Å². The molecule has 2 N–H and O–H groups in total. The Kier molecular flexibility index (Phi) is 11.6. The number of rotatable bonds is 10. The SMILES string of the molecule is CSCCC(C)NCCCCCCO. The fraction of sp³-hybridized carbons (Fsp3) is 1.00. The number of unbranched alkanes of at least 4 members (excludes halogenated alkanes) is 3. The molecule has 0 saturated carbocycles. The zero-order chi connectivity index (χ0) is 10.6. The second-order valence-electron chi connectivity index (χ2n) is 3.77. The fourth-order valence-corrected chi connectivity index (χ4v) is 1.92. The zero-order valence-corrected chi connectivity index (χ0v) is 10.4. The first-order chi connectivity index (χ1) is 6.81. The molecular weight excluding hydrogens is 194 g/mol. The van der Waals surface area contributed by atoms with Gasteiger partial charge in [0.25, 0.3) is 0 Å². The van der Waals surface area contributed by atoms with Crippen LogP contribution in [0.3, 0.4) is 0 Å². The average Bonchev–Trinajstić information content (AvgIpc) is 2.20. The summed E-state index contributed by atoms with van der Waals surface area (Å²) < 4.78 is 0. The van der Waals surface area contributed by atoms with Gasteiger partial charge < -0.3 is 10.4 Å². The number of thioether (sulfide) groups is 1. The van der Waals surface area contributed by atoms with E-state index < -0.39 is 0 Å². The Morgan fingerprint density at radius 1 is 1.21 bits per heavy atom. The highest BCUT2D eigenvalue weighted by Gasteiger charge is 1.99. The molecule has 0 bridgehead atoms. The Labute approximate surface area is 92.9 Å². The fourth-order valence-electron chi connectivity index (χ4n) is 1.34. The molecule has 0 fully saturated rings. The van der Waals surface area contributed by atoms with Crippen molar-refractivity contribution in [1.82, 2.24) is 5.32 Å². The predicted octanol–water partition coefficient (Wildman–Crippen LogP) is 2.27. The lowest BCUT2D eigenvalue weighted by Crippen LogP contribution is -2.27. The van der Waals surface area contributed by atoms with Crippen LogP contribution in [0.15, 0.2) is 0 Å². The van der Waals surface area contributed by atoms with E-state index in [4.69, 9.17) is 5.11 Å². The zero-order valence-electron chi connectivity index (χ0n) is 9.59. The van der Waals surface area contributed by atoms with Gasteiger partial charge in [0.15, 0.2) is 0 Å². The molecule has 86 valence electrons. The van der Waals surface area contributed by atoms with Crippen LogP contribution in [0.4, 0.5) is 0 Å². The van der Waals surface area contributed by atoms with Crippen LogP contribution < -0.4 is 5.32 Å². The summed E-state index contributed by atoms with van der Waals surface area (Å²) >= 11 is 1.91. The first kappa shape index (κ1) is 14.3. The first-order valence-corrected chi connectivity index (χ1v) is 7.03. The number of nitrogens with one attached hydrogen (secondary N) is 1. The van der Waals surface area contributed by atoms with E-state index in [1.54, 1.807) is 0 Å². The number of aliphatic hydroxyl groups is 1. The van der Waals surface area contributed by atoms with Crippen LogP contribution in [-0.4, -0.2) is 36.3 Å². The molecule has 0 aromatic heterocycles. The van der Waals surface area contributed by atoms with Crippen LogP contribution in [0.2, 0.25) is 0 Å². The van der Waals surface area contributed by atoms with Gasteiger partial charge in [0.1, 0.15) is 0 Å². The van der Waals surface area contributed by atoms with Gasteiger partial charge in [0.2, 0.25) is 0 Å². The predicted molar refractivity (Wildman–Crippen MR) is 66.0 cm³/mol. The van der Waals surface area contributed by atoms with Gasteiger partial charge in [-0.15, -0.1) is 0 Å². The molecule has 0 aliphatic rings. The molecule has 2 nitrogen and oxygen atoms in total. The van der Waals surface area contributed by atoms with Gasteiger partial charge in [-0.3, -0.25) is 0 Å². The van der Waals surface area contributed by atoms with E-state index in [2.05, 4.69) is 18.5 Å². The summed E-state index contributed by atoms with van der Waals surface area (Å²) in [5.74, 6) is 1.25. The number of hydrogen-bond donors (Lipinski definition) is 2. The third-order valence-corrected chi connectivity index (χ3v) is 2.98. The highest BCUT2D eigenvalue weighted by molar-refractivity contribution is 7.98. The van der Waals surface area contributed by atoms with Crippen molar-refractivity contribution in [3.05, 3.63) is 0 Å². The second-order valence-corrected chi connectivity index (χ2v) is 4.76. The van der Waals surface area contributed by atoms with Crippen LogP contribution in [0, 0.1) is 0 Å². The monoisotopic (exact) mass is 219 g/mol. The van der Waals surface area contributed by atoms with Crippen LogP contribution in [0.5, 0.6) is 0 Å². The molecule has 0 radical (unpaired) electrons. The molecule has 0 amide bonds. The van der Waals surface area contributed by atoms with Crippen LogP contribution >= 0.6 is 11.8 Å². The third-order valence-electron chi connectivity index (χ3n) is 2.33. The first-order valence-electron chi connectivity index (χ1n) is 5.64. The molecule has 0 saturated heterocycles. The summed E-state index contributed by atoms with van der Waals surface area (Å²) in [7, 11) is 0.